The van der Waals surface area contributed by atoms with Gasteiger partial charge in [-0.05, 0) is 50.7 Å². The Kier molecular flexibility index (Phi) is 9.70. The van der Waals surface area contributed by atoms with Crippen LogP contribution in [0.1, 0.15) is 49.7 Å². The minimum absolute atomic E-state index is 0.0481. The van der Waals surface area contributed by atoms with Crippen LogP contribution in [0, 0.1) is 46.8 Å². The summed E-state index contributed by atoms with van der Waals surface area (Å²) in [5.74, 6) is -24.3. The highest BCUT2D eigenvalue weighted by Crippen LogP contribution is 2.53. The second kappa shape index (κ2) is 12.6. The number of benzene rings is 2. The molecule has 0 N–H and O–H groups in total. The van der Waals surface area contributed by atoms with Crippen molar-refractivity contribution < 1.29 is 62.5 Å². The van der Waals surface area contributed by atoms with Crippen molar-refractivity contribution in [2.45, 2.75) is 62.8 Å². The molecule has 2 aromatic rings. The first-order chi connectivity index (χ1) is 20.1. The van der Waals surface area contributed by atoms with Gasteiger partial charge >= 0.3 is 18.0 Å². The SMILES string of the molecule is C=CCCC1COC(C2CCC(C(F)(F)C(F)(F)c3cc(F)c(C(F)(F)Oc4cc(F)c(F)c(F)c4)c(F)c3)CC2)OC1. The predicted octanol–water partition coefficient (Wildman–Crippen LogP) is 9.00. The number of hydrogen-bond donors (Lipinski definition) is 0. The van der Waals surface area contributed by atoms with Crippen LogP contribution in [0.25, 0.3) is 0 Å². The Balaban J connectivity index is 1.46. The maximum absolute atomic E-state index is 15.2. The first kappa shape index (κ1) is 33.0. The molecule has 1 heterocycles. The van der Waals surface area contributed by atoms with Crippen molar-refractivity contribution in [2.75, 3.05) is 13.2 Å². The van der Waals surface area contributed by atoms with Crippen molar-refractivity contribution in [2.24, 2.45) is 17.8 Å². The van der Waals surface area contributed by atoms with Crippen LogP contribution in [0.4, 0.5) is 48.3 Å². The van der Waals surface area contributed by atoms with Crippen LogP contribution in [0.15, 0.2) is 36.9 Å². The Morgan fingerprint density at radius 3 is 1.84 bits per heavy atom. The van der Waals surface area contributed by atoms with Gasteiger partial charge in [-0.25, -0.2) is 22.0 Å². The average Bonchev–Trinajstić information content (AvgIpc) is 2.94. The summed E-state index contributed by atoms with van der Waals surface area (Å²) in [5, 5.41) is 0. The quantitative estimate of drug-likeness (QED) is 0.149. The van der Waals surface area contributed by atoms with E-state index in [1.807, 2.05) is 0 Å². The molecule has 0 radical (unpaired) electrons. The van der Waals surface area contributed by atoms with E-state index in [1.54, 1.807) is 6.08 Å². The lowest BCUT2D eigenvalue weighted by Gasteiger charge is -2.40. The lowest BCUT2D eigenvalue weighted by molar-refractivity contribution is -0.259. The van der Waals surface area contributed by atoms with E-state index in [4.69, 9.17) is 9.47 Å². The Labute approximate surface area is 239 Å². The highest BCUT2D eigenvalue weighted by Gasteiger charge is 2.62. The molecule has 1 aliphatic heterocycles. The minimum atomic E-state index is -5.18. The Hall–Kier alpha value is -2.87. The van der Waals surface area contributed by atoms with Gasteiger partial charge in [0.05, 0.1) is 13.2 Å². The molecule has 14 heteroatoms. The molecule has 0 spiro atoms. The summed E-state index contributed by atoms with van der Waals surface area (Å²) in [6, 6.07) is -0.859. The van der Waals surface area contributed by atoms with Gasteiger partial charge < -0.3 is 14.2 Å². The molecule has 0 amide bonds. The van der Waals surface area contributed by atoms with Crippen molar-refractivity contribution in [3.05, 3.63) is 77.1 Å². The van der Waals surface area contributed by atoms with Gasteiger partial charge in [-0.3, -0.25) is 0 Å². The summed E-state index contributed by atoms with van der Waals surface area (Å²) >= 11 is 0. The molecule has 2 aliphatic rings. The Morgan fingerprint density at radius 2 is 1.33 bits per heavy atom. The van der Waals surface area contributed by atoms with E-state index in [9.17, 15) is 30.7 Å². The van der Waals surface area contributed by atoms with Gasteiger partial charge in [0.15, 0.2) is 23.7 Å². The fourth-order valence-electron chi connectivity index (χ4n) is 5.38. The largest absolute Gasteiger partial charge is 0.432 e. The van der Waals surface area contributed by atoms with E-state index >= 15 is 17.6 Å². The molecule has 1 aliphatic carbocycles. The smallest absolute Gasteiger partial charge is 0.429 e. The van der Waals surface area contributed by atoms with E-state index in [0.717, 1.165) is 12.8 Å². The maximum atomic E-state index is 15.2. The molecule has 43 heavy (non-hydrogen) atoms. The number of ether oxygens (including phenoxy) is 3. The van der Waals surface area contributed by atoms with Gasteiger partial charge in [0, 0.05) is 35.4 Å². The molecule has 0 atom stereocenters. The van der Waals surface area contributed by atoms with Crippen LogP contribution < -0.4 is 4.74 Å². The number of rotatable bonds is 10. The highest BCUT2D eigenvalue weighted by molar-refractivity contribution is 5.34. The minimum Gasteiger partial charge on any atom is -0.429 e. The normalized spacial score (nSPS) is 23.7. The summed E-state index contributed by atoms with van der Waals surface area (Å²) in [7, 11) is 0. The Bertz CT molecular complexity index is 1250. The van der Waals surface area contributed by atoms with Gasteiger partial charge in [0.2, 0.25) is 0 Å². The maximum Gasteiger partial charge on any atom is 0.432 e. The lowest BCUT2D eigenvalue weighted by atomic mass is 9.76. The lowest BCUT2D eigenvalue weighted by Crippen LogP contribution is -2.47. The molecular formula is C29H27F11O3. The van der Waals surface area contributed by atoms with Gasteiger partial charge in [-0.2, -0.15) is 26.3 Å². The third kappa shape index (κ3) is 6.79. The molecular weight excluding hydrogens is 605 g/mol. The van der Waals surface area contributed by atoms with Crippen molar-refractivity contribution >= 4 is 0 Å². The standard InChI is InChI=1S/C29H27F11O3/c1-2-3-4-15-13-41-26(42-14-15)16-5-7-17(8-6-16)27(35,36)28(37,38)18-9-20(30)24(21(31)10-18)29(39,40)43-19-11-22(32)25(34)23(33)12-19/h2,9-12,15-17,26H,1,3-8,13-14H2. The molecule has 1 saturated heterocycles. The molecule has 0 unspecified atom stereocenters. The monoisotopic (exact) mass is 632 g/mol. The van der Waals surface area contributed by atoms with E-state index in [-0.39, 0.29) is 48.9 Å². The van der Waals surface area contributed by atoms with Gasteiger partial charge in [-0.15, -0.1) is 6.58 Å². The van der Waals surface area contributed by atoms with Crippen molar-refractivity contribution in [3.8, 4) is 5.75 Å². The molecule has 3 nitrogen and oxygen atoms in total. The average molecular weight is 633 g/mol. The van der Waals surface area contributed by atoms with Crippen LogP contribution in [0.5, 0.6) is 5.75 Å². The zero-order valence-corrected chi connectivity index (χ0v) is 22.4. The zero-order chi connectivity index (χ0) is 31.7. The van der Waals surface area contributed by atoms with Crippen LogP contribution in [-0.4, -0.2) is 25.4 Å². The van der Waals surface area contributed by atoms with Crippen LogP contribution in [-0.2, 0) is 21.5 Å². The fraction of sp³-hybridized carbons (Fsp3) is 0.517. The molecule has 0 aromatic heterocycles. The number of halogens is 11. The predicted molar refractivity (Wildman–Crippen MR) is 130 cm³/mol. The van der Waals surface area contributed by atoms with Crippen molar-refractivity contribution in [3.63, 3.8) is 0 Å². The van der Waals surface area contributed by atoms with E-state index < -0.39 is 89.0 Å². The first-order valence-electron chi connectivity index (χ1n) is 13.4. The summed E-state index contributed by atoms with van der Waals surface area (Å²) in [6.45, 7) is 4.42. The van der Waals surface area contributed by atoms with Crippen molar-refractivity contribution in [1.82, 2.24) is 0 Å². The summed E-state index contributed by atoms with van der Waals surface area (Å²) in [6.07, 6.45) is -3.12. The topological polar surface area (TPSA) is 27.7 Å². The summed E-state index contributed by atoms with van der Waals surface area (Å²) in [5.41, 5.74) is -4.20. The number of allylic oxidation sites excluding steroid dienone is 1. The summed E-state index contributed by atoms with van der Waals surface area (Å²) < 4.78 is 174. The third-order valence-electron chi connectivity index (χ3n) is 7.76. The second-order valence-electron chi connectivity index (χ2n) is 10.7. The van der Waals surface area contributed by atoms with E-state index in [2.05, 4.69) is 11.3 Å². The molecule has 2 fully saturated rings. The molecule has 4 rings (SSSR count). The highest BCUT2D eigenvalue weighted by atomic mass is 19.3. The molecule has 2 aromatic carbocycles. The molecule has 1 saturated carbocycles. The zero-order valence-electron chi connectivity index (χ0n) is 22.4. The second-order valence-corrected chi connectivity index (χ2v) is 10.7. The number of alkyl halides is 6. The molecule has 238 valence electrons. The van der Waals surface area contributed by atoms with Gasteiger partial charge in [0.1, 0.15) is 22.9 Å². The van der Waals surface area contributed by atoms with Gasteiger partial charge in [0.25, 0.3) is 0 Å². The van der Waals surface area contributed by atoms with Crippen molar-refractivity contribution in [1.29, 1.82) is 0 Å². The molecule has 0 bridgehead atoms. The van der Waals surface area contributed by atoms with E-state index in [1.165, 1.54) is 0 Å². The van der Waals surface area contributed by atoms with Crippen LogP contribution >= 0.6 is 0 Å². The first-order valence-corrected chi connectivity index (χ1v) is 13.4. The van der Waals surface area contributed by atoms with Crippen LogP contribution in [0.3, 0.4) is 0 Å². The van der Waals surface area contributed by atoms with E-state index in [0.29, 0.717) is 13.2 Å². The van der Waals surface area contributed by atoms with Crippen LogP contribution in [0.2, 0.25) is 0 Å². The fourth-order valence-corrected chi connectivity index (χ4v) is 5.38. The van der Waals surface area contributed by atoms with Gasteiger partial charge in [-0.1, -0.05) is 6.08 Å². The number of hydrogen-bond acceptors (Lipinski definition) is 3. The third-order valence-corrected chi connectivity index (χ3v) is 7.76. The Morgan fingerprint density at radius 1 is 0.791 bits per heavy atom. The summed E-state index contributed by atoms with van der Waals surface area (Å²) in [4.78, 5) is 0.